The Morgan fingerprint density at radius 3 is 3.00 bits per heavy atom. The number of aromatic nitrogens is 3. The van der Waals surface area contributed by atoms with Crippen LogP contribution in [-0.2, 0) is 5.88 Å². The van der Waals surface area contributed by atoms with E-state index in [4.69, 9.17) is 11.6 Å². The molecule has 0 radical (unpaired) electrons. The lowest BCUT2D eigenvalue weighted by Gasteiger charge is -2.15. The second-order valence-corrected chi connectivity index (χ2v) is 5.30. The molecule has 3 heterocycles. The number of rotatable bonds is 2. The van der Waals surface area contributed by atoms with Crippen LogP contribution in [0.2, 0.25) is 0 Å². The van der Waals surface area contributed by atoms with Crippen LogP contribution < -0.4 is 0 Å². The molecule has 5 heteroatoms. The van der Waals surface area contributed by atoms with E-state index in [1.165, 1.54) is 0 Å². The van der Waals surface area contributed by atoms with Gasteiger partial charge in [-0.25, -0.2) is 9.97 Å². The van der Waals surface area contributed by atoms with Gasteiger partial charge >= 0.3 is 0 Å². The van der Waals surface area contributed by atoms with Gasteiger partial charge in [0, 0.05) is 12.7 Å². The summed E-state index contributed by atoms with van der Waals surface area (Å²) in [5.41, 5.74) is 3.13. The van der Waals surface area contributed by atoms with Crippen LogP contribution in [0.3, 0.4) is 0 Å². The van der Waals surface area contributed by atoms with Gasteiger partial charge < -0.3 is 9.47 Å². The number of likely N-dealkylation sites (N-methyl/N-ethyl adjacent to an activating group) is 1. The predicted octanol–water partition coefficient (Wildman–Crippen LogP) is 2.36. The van der Waals surface area contributed by atoms with Crippen LogP contribution >= 0.6 is 11.6 Å². The van der Waals surface area contributed by atoms with Gasteiger partial charge in [0.2, 0.25) is 0 Å². The molecule has 0 aliphatic carbocycles. The van der Waals surface area contributed by atoms with Gasteiger partial charge in [-0.1, -0.05) is 0 Å². The van der Waals surface area contributed by atoms with E-state index in [0.717, 1.165) is 42.1 Å². The van der Waals surface area contributed by atoms with Gasteiger partial charge in [0.25, 0.3) is 0 Å². The second kappa shape index (κ2) is 4.52. The third-order valence-corrected chi connectivity index (χ3v) is 3.94. The molecule has 0 amide bonds. The van der Waals surface area contributed by atoms with Crippen molar-refractivity contribution < 1.29 is 0 Å². The molecule has 1 unspecified atom stereocenters. The van der Waals surface area contributed by atoms with E-state index in [1.807, 2.05) is 12.3 Å². The zero-order chi connectivity index (χ0) is 12.7. The molecule has 2 aromatic rings. The Balaban J connectivity index is 2.17. The number of fused-ring (bicyclic) bond motifs is 1. The highest BCUT2D eigenvalue weighted by Gasteiger charge is 2.25. The summed E-state index contributed by atoms with van der Waals surface area (Å²) in [6, 6.07) is 2.45. The normalized spacial score (nSPS) is 20.9. The van der Waals surface area contributed by atoms with Gasteiger partial charge in [0.05, 0.1) is 11.9 Å². The van der Waals surface area contributed by atoms with Crippen molar-refractivity contribution in [2.45, 2.75) is 25.3 Å². The SMILES string of the molecule is Cc1ccnc2c1nc(CCl)n2C1CCN(C)C1. The monoisotopic (exact) mass is 264 g/mol. The minimum Gasteiger partial charge on any atom is -0.307 e. The van der Waals surface area contributed by atoms with Crippen LogP contribution in [0.15, 0.2) is 12.3 Å². The topological polar surface area (TPSA) is 34.0 Å². The quantitative estimate of drug-likeness (QED) is 0.781. The number of nitrogens with zero attached hydrogens (tertiary/aromatic N) is 4. The Bertz CT molecular complexity index is 578. The largest absolute Gasteiger partial charge is 0.307 e. The van der Waals surface area contributed by atoms with E-state index in [0.29, 0.717) is 11.9 Å². The number of alkyl halides is 1. The van der Waals surface area contributed by atoms with Crippen molar-refractivity contribution in [3.05, 3.63) is 23.7 Å². The number of aryl methyl sites for hydroxylation is 1. The molecule has 18 heavy (non-hydrogen) atoms. The molecule has 1 atom stereocenters. The van der Waals surface area contributed by atoms with Crippen LogP contribution in [0.1, 0.15) is 23.9 Å². The van der Waals surface area contributed by atoms with Crippen LogP contribution in [0.5, 0.6) is 0 Å². The maximum atomic E-state index is 6.05. The molecule has 0 N–H and O–H groups in total. The molecule has 0 spiro atoms. The highest BCUT2D eigenvalue weighted by molar-refractivity contribution is 6.16. The molecule has 0 bridgehead atoms. The molecule has 1 aliphatic heterocycles. The molecule has 96 valence electrons. The fourth-order valence-electron chi connectivity index (χ4n) is 2.76. The van der Waals surface area contributed by atoms with Gasteiger partial charge in [-0.3, -0.25) is 0 Å². The number of hydrogen-bond acceptors (Lipinski definition) is 3. The molecular formula is C13H17ClN4. The molecule has 2 aromatic heterocycles. The summed E-state index contributed by atoms with van der Waals surface area (Å²) in [6.45, 7) is 4.24. The molecule has 4 nitrogen and oxygen atoms in total. The molecule has 0 aromatic carbocycles. The Hall–Kier alpha value is -1.13. The highest BCUT2D eigenvalue weighted by atomic mass is 35.5. The Labute approximate surface area is 112 Å². The minimum atomic E-state index is 0.440. The van der Waals surface area contributed by atoms with Crippen LogP contribution in [-0.4, -0.2) is 39.6 Å². The Kier molecular flexibility index (Phi) is 2.99. The fourth-order valence-corrected chi connectivity index (χ4v) is 2.94. The standard InChI is InChI=1S/C13H17ClN4/c1-9-3-5-15-13-12(9)16-11(7-14)18(13)10-4-6-17(2)8-10/h3,5,10H,4,6-8H2,1-2H3. The molecule has 1 fully saturated rings. The number of likely N-dealkylation sites (tertiary alicyclic amines) is 1. The average molecular weight is 265 g/mol. The van der Waals surface area contributed by atoms with Crippen LogP contribution in [0.4, 0.5) is 0 Å². The first-order valence-corrected chi connectivity index (χ1v) is 6.81. The fraction of sp³-hybridized carbons (Fsp3) is 0.538. The molecule has 1 saturated heterocycles. The lowest BCUT2D eigenvalue weighted by Crippen LogP contribution is -2.17. The maximum absolute atomic E-state index is 6.05. The van der Waals surface area contributed by atoms with E-state index in [9.17, 15) is 0 Å². The number of hydrogen-bond donors (Lipinski definition) is 0. The van der Waals surface area contributed by atoms with E-state index in [2.05, 4.69) is 33.4 Å². The molecular weight excluding hydrogens is 248 g/mol. The van der Waals surface area contributed by atoms with Crippen molar-refractivity contribution in [2.24, 2.45) is 0 Å². The van der Waals surface area contributed by atoms with Crippen molar-refractivity contribution in [3.8, 4) is 0 Å². The van der Waals surface area contributed by atoms with E-state index < -0.39 is 0 Å². The van der Waals surface area contributed by atoms with Gasteiger partial charge in [0.15, 0.2) is 5.65 Å². The minimum absolute atomic E-state index is 0.440. The van der Waals surface area contributed by atoms with Gasteiger partial charge in [-0.05, 0) is 38.6 Å². The molecule has 3 rings (SSSR count). The zero-order valence-corrected chi connectivity index (χ0v) is 11.5. The Morgan fingerprint density at radius 1 is 1.50 bits per heavy atom. The number of imidazole rings is 1. The first kappa shape index (κ1) is 11.9. The summed E-state index contributed by atoms with van der Waals surface area (Å²) in [5, 5.41) is 0. The number of halogens is 1. The lowest BCUT2D eigenvalue weighted by molar-refractivity contribution is 0.392. The van der Waals surface area contributed by atoms with Crippen molar-refractivity contribution in [2.75, 3.05) is 20.1 Å². The lowest BCUT2D eigenvalue weighted by atomic mass is 10.2. The molecule has 0 saturated carbocycles. The summed E-state index contributed by atoms with van der Waals surface area (Å²) in [5.74, 6) is 1.38. The van der Waals surface area contributed by atoms with Gasteiger partial charge in [-0.2, -0.15) is 0 Å². The van der Waals surface area contributed by atoms with Gasteiger partial charge in [-0.15, -0.1) is 11.6 Å². The summed E-state index contributed by atoms with van der Waals surface area (Å²) in [6.07, 6.45) is 2.99. The summed E-state index contributed by atoms with van der Waals surface area (Å²) in [4.78, 5) is 11.5. The molecule has 1 aliphatic rings. The zero-order valence-electron chi connectivity index (χ0n) is 10.7. The smallest absolute Gasteiger partial charge is 0.160 e. The third-order valence-electron chi connectivity index (χ3n) is 3.70. The third kappa shape index (κ3) is 1.80. The summed E-state index contributed by atoms with van der Waals surface area (Å²) < 4.78 is 2.23. The van der Waals surface area contributed by atoms with Crippen LogP contribution in [0, 0.1) is 6.92 Å². The van der Waals surface area contributed by atoms with Crippen molar-refractivity contribution in [3.63, 3.8) is 0 Å². The maximum Gasteiger partial charge on any atom is 0.160 e. The summed E-state index contributed by atoms with van der Waals surface area (Å²) in [7, 11) is 2.15. The van der Waals surface area contributed by atoms with E-state index >= 15 is 0 Å². The van der Waals surface area contributed by atoms with Crippen molar-refractivity contribution in [1.29, 1.82) is 0 Å². The van der Waals surface area contributed by atoms with E-state index in [-0.39, 0.29) is 0 Å². The van der Waals surface area contributed by atoms with E-state index in [1.54, 1.807) is 0 Å². The average Bonchev–Trinajstić information content (AvgIpc) is 2.93. The van der Waals surface area contributed by atoms with Gasteiger partial charge in [0.1, 0.15) is 11.3 Å². The predicted molar refractivity (Wildman–Crippen MR) is 73.0 cm³/mol. The van der Waals surface area contributed by atoms with Crippen molar-refractivity contribution in [1.82, 2.24) is 19.4 Å². The summed E-state index contributed by atoms with van der Waals surface area (Å²) >= 11 is 6.05. The Morgan fingerprint density at radius 2 is 2.33 bits per heavy atom. The van der Waals surface area contributed by atoms with Crippen molar-refractivity contribution >= 4 is 22.8 Å². The first-order chi connectivity index (χ1) is 8.70. The number of pyridine rings is 1. The van der Waals surface area contributed by atoms with Crippen LogP contribution in [0.25, 0.3) is 11.2 Å². The second-order valence-electron chi connectivity index (χ2n) is 5.04. The highest BCUT2D eigenvalue weighted by Crippen LogP contribution is 2.28. The first-order valence-electron chi connectivity index (χ1n) is 6.27.